The molecule has 0 aromatic heterocycles. The number of hydrogen-bond donors (Lipinski definition) is 2. The molecule has 0 unspecified atom stereocenters. The van der Waals surface area contributed by atoms with Crippen molar-refractivity contribution < 1.29 is 8.42 Å². The minimum Gasteiger partial charge on any atom is -0.356 e. The van der Waals surface area contributed by atoms with Crippen LogP contribution in [0.5, 0.6) is 0 Å². The Bertz CT molecular complexity index is 599. The lowest BCUT2D eigenvalue weighted by Gasteiger charge is -2.19. The van der Waals surface area contributed by atoms with E-state index < -0.39 is 14.6 Å². The Morgan fingerprint density at radius 1 is 1.12 bits per heavy atom. The molecule has 0 radical (unpaired) electrons. The van der Waals surface area contributed by atoms with Gasteiger partial charge in [0.2, 0.25) is 0 Å². The van der Waals surface area contributed by atoms with E-state index in [0.717, 1.165) is 12.3 Å². The molecule has 1 aromatic rings. The number of rotatable bonds is 7. The number of nitrogens with zero attached hydrogens (tertiary/aromatic N) is 1. The first-order valence-corrected chi connectivity index (χ1v) is 10.2. The summed E-state index contributed by atoms with van der Waals surface area (Å²) in [5.74, 6) is 1.63. The van der Waals surface area contributed by atoms with Gasteiger partial charge >= 0.3 is 0 Å². The van der Waals surface area contributed by atoms with Gasteiger partial charge in [-0.15, -0.1) is 35.7 Å². The lowest BCUT2D eigenvalue weighted by Crippen LogP contribution is -2.42. The van der Waals surface area contributed by atoms with Crippen LogP contribution in [0.3, 0.4) is 0 Å². The number of aliphatic imine (C=N–C) groups is 1. The molecule has 0 fully saturated rings. The van der Waals surface area contributed by atoms with Crippen LogP contribution in [-0.2, 0) is 9.84 Å². The maximum absolute atomic E-state index is 12.0. The summed E-state index contributed by atoms with van der Waals surface area (Å²) in [7, 11) is -1.43. The van der Waals surface area contributed by atoms with Gasteiger partial charge in [0.1, 0.15) is 0 Å². The van der Waals surface area contributed by atoms with Crippen LogP contribution >= 0.6 is 35.7 Å². The summed E-state index contributed by atoms with van der Waals surface area (Å²) < 4.78 is 23.3. The smallest absolute Gasteiger partial charge is 0.191 e. The fourth-order valence-corrected chi connectivity index (χ4v) is 3.46. The van der Waals surface area contributed by atoms with Crippen LogP contribution in [0.1, 0.15) is 20.8 Å². The lowest BCUT2D eigenvalue weighted by atomic mass is 10.3. The SMILES string of the molecule is CN=C(NCCSc1ccccc1)NCCS(=O)(=O)C(C)(C)C.I. The van der Waals surface area contributed by atoms with Gasteiger partial charge in [0.05, 0.1) is 10.5 Å². The molecule has 0 bridgehead atoms. The first-order chi connectivity index (χ1) is 10.8. The topological polar surface area (TPSA) is 70.6 Å². The Hall–Kier alpha value is -0.480. The van der Waals surface area contributed by atoms with Crippen molar-refractivity contribution >= 4 is 51.5 Å². The molecule has 0 aliphatic rings. The Morgan fingerprint density at radius 2 is 1.71 bits per heavy atom. The second-order valence-corrected chi connectivity index (χ2v) is 10.0. The normalized spacial score (nSPS) is 12.4. The van der Waals surface area contributed by atoms with Crippen LogP contribution in [0.25, 0.3) is 0 Å². The number of sulfone groups is 1. The van der Waals surface area contributed by atoms with Crippen molar-refractivity contribution in [3.05, 3.63) is 30.3 Å². The molecule has 1 rings (SSSR count). The molecule has 0 saturated carbocycles. The molecule has 0 spiro atoms. The number of thioether (sulfide) groups is 1. The predicted octanol–water partition coefficient (Wildman–Crippen LogP) is 2.78. The van der Waals surface area contributed by atoms with Crippen molar-refractivity contribution in [3.8, 4) is 0 Å². The van der Waals surface area contributed by atoms with Crippen molar-refractivity contribution in [3.63, 3.8) is 0 Å². The van der Waals surface area contributed by atoms with Crippen molar-refractivity contribution in [1.29, 1.82) is 0 Å². The number of benzene rings is 1. The molecule has 0 amide bonds. The summed E-state index contributed by atoms with van der Waals surface area (Å²) in [6, 6.07) is 10.2. The summed E-state index contributed by atoms with van der Waals surface area (Å²) in [5, 5.41) is 6.23. The van der Waals surface area contributed by atoms with E-state index in [9.17, 15) is 8.42 Å². The number of guanidine groups is 1. The third kappa shape index (κ3) is 8.57. The van der Waals surface area contributed by atoms with Crippen LogP contribution in [0.2, 0.25) is 0 Å². The van der Waals surface area contributed by atoms with Gasteiger partial charge in [-0.05, 0) is 32.9 Å². The first-order valence-electron chi connectivity index (χ1n) is 7.61. The van der Waals surface area contributed by atoms with E-state index in [1.807, 2.05) is 18.2 Å². The van der Waals surface area contributed by atoms with Gasteiger partial charge in [0.15, 0.2) is 15.8 Å². The van der Waals surface area contributed by atoms with Gasteiger partial charge in [-0.1, -0.05) is 18.2 Å². The molecule has 0 heterocycles. The number of nitrogens with one attached hydrogen (secondary N) is 2. The third-order valence-corrected chi connectivity index (χ3v) is 6.85. The van der Waals surface area contributed by atoms with Crippen molar-refractivity contribution in [2.75, 3.05) is 31.6 Å². The number of hydrogen-bond acceptors (Lipinski definition) is 4. The highest BCUT2D eigenvalue weighted by atomic mass is 127. The maximum atomic E-state index is 12.0. The fraction of sp³-hybridized carbons (Fsp3) is 0.562. The van der Waals surface area contributed by atoms with Gasteiger partial charge < -0.3 is 10.6 Å². The molecular formula is C16H28IN3O2S2. The zero-order chi connectivity index (χ0) is 17.3. The Morgan fingerprint density at radius 3 is 2.25 bits per heavy atom. The van der Waals surface area contributed by atoms with E-state index >= 15 is 0 Å². The van der Waals surface area contributed by atoms with Gasteiger partial charge in [0.25, 0.3) is 0 Å². The standard InChI is InChI=1S/C16H27N3O2S2.HI/c1-16(2,3)23(20,21)13-11-19-15(17-4)18-10-12-22-14-8-6-5-7-9-14;/h5-9H,10-13H2,1-4H3,(H2,17,18,19);1H. The number of halogens is 1. The Kier molecular flexibility index (Phi) is 11.0. The van der Waals surface area contributed by atoms with Crippen LogP contribution in [0, 0.1) is 0 Å². The van der Waals surface area contributed by atoms with E-state index in [0.29, 0.717) is 12.5 Å². The van der Waals surface area contributed by atoms with E-state index in [1.165, 1.54) is 4.90 Å². The van der Waals surface area contributed by atoms with Gasteiger partial charge in [-0.25, -0.2) is 8.42 Å². The Labute approximate surface area is 167 Å². The van der Waals surface area contributed by atoms with E-state index in [-0.39, 0.29) is 29.7 Å². The predicted molar refractivity (Wildman–Crippen MR) is 115 cm³/mol. The average Bonchev–Trinajstić information content (AvgIpc) is 2.49. The minimum absolute atomic E-state index is 0. The van der Waals surface area contributed by atoms with E-state index in [1.54, 1.807) is 39.6 Å². The van der Waals surface area contributed by atoms with E-state index in [2.05, 4.69) is 27.8 Å². The monoisotopic (exact) mass is 485 g/mol. The first kappa shape index (κ1) is 23.5. The highest BCUT2D eigenvalue weighted by Gasteiger charge is 2.28. The molecule has 5 nitrogen and oxygen atoms in total. The van der Waals surface area contributed by atoms with Gasteiger partial charge in [-0.2, -0.15) is 0 Å². The summed E-state index contributed by atoms with van der Waals surface area (Å²) in [6.45, 7) is 6.26. The van der Waals surface area contributed by atoms with Gasteiger partial charge in [0, 0.05) is 30.8 Å². The average molecular weight is 485 g/mol. The zero-order valence-corrected chi connectivity index (χ0v) is 18.7. The van der Waals surface area contributed by atoms with Crippen LogP contribution < -0.4 is 10.6 Å². The van der Waals surface area contributed by atoms with Gasteiger partial charge in [-0.3, -0.25) is 4.99 Å². The lowest BCUT2D eigenvalue weighted by molar-refractivity contribution is 0.559. The second-order valence-electron chi connectivity index (χ2n) is 6.02. The molecule has 0 aliphatic heterocycles. The molecular weight excluding hydrogens is 457 g/mol. The largest absolute Gasteiger partial charge is 0.356 e. The quantitative estimate of drug-likeness (QED) is 0.204. The summed E-state index contributed by atoms with van der Waals surface area (Å²) in [6.07, 6.45) is 0. The van der Waals surface area contributed by atoms with Crippen LogP contribution in [-0.4, -0.2) is 50.8 Å². The Balaban J connectivity index is 0.00000529. The summed E-state index contributed by atoms with van der Waals surface area (Å²) in [4.78, 5) is 5.33. The summed E-state index contributed by atoms with van der Waals surface area (Å²) >= 11 is 1.76. The molecule has 0 aliphatic carbocycles. The molecule has 138 valence electrons. The zero-order valence-electron chi connectivity index (χ0n) is 14.7. The summed E-state index contributed by atoms with van der Waals surface area (Å²) in [5.41, 5.74) is 0. The van der Waals surface area contributed by atoms with Crippen molar-refractivity contribution in [2.45, 2.75) is 30.4 Å². The van der Waals surface area contributed by atoms with E-state index in [4.69, 9.17) is 0 Å². The molecule has 0 atom stereocenters. The molecule has 24 heavy (non-hydrogen) atoms. The second kappa shape index (κ2) is 11.2. The van der Waals surface area contributed by atoms with Crippen LogP contribution in [0.4, 0.5) is 0 Å². The molecule has 2 N–H and O–H groups in total. The fourth-order valence-electron chi connectivity index (χ4n) is 1.69. The maximum Gasteiger partial charge on any atom is 0.191 e. The van der Waals surface area contributed by atoms with Crippen molar-refractivity contribution in [2.24, 2.45) is 4.99 Å². The highest BCUT2D eigenvalue weighted by Crippen LogP contribution is 2.16. The van der Waals surface area contributed by atoms with Crippen molar-refractivity contribution in [1.82, 2.24) is 10.6 Å². The van der Waals surface area contributed by atoms with Crippen LogP contribution in [0.15, 0.2) is 40.2 Å². The molecule has 0 saturated heterocycles. The molecule has 1 aromatic carbocycles. The minimum atomic E-state index is -3.11. The highest BCUT2D eigenvalue weighted by molar-refractivity contribution is 14.0. The molecule has 8 heteroatoms. The third-order valence-electron chi connectivity index (χ3n) is 3.23.